The third kappa shape index (κ3) is 3.26. The zero-order chi connectivity index (χ0) is 14.0. The quantitative estimate of drug-likeness (QED) is 0.800. The average molecular weight is 282 g/mol. The molecular formula is C13H18N2O3S. The Bertz CT molecular complexity index is 596. The molecule has 6 heteroatoms. The summed E-state index contributed by atoms with van der Waals surface area (Å²) >= 11 is 0. The number of anilines is 1. The first-order valence-electron chi connectivity index (χ1n) is 6.23. The Labute approximate surface area is 113 Å². The van der Waals surface area contributed by atoms with E-state index in [2.05, 4.69) is 5.32 Å². The van der Waals surface area contributed by atoms with Crippen molar-refractivity contribution in [3.05, 3.63) is 29.3 Å². The van der Waals surface area contributed by atoms with Crippen LogP contribution in [0.2, 0.25) is 0 Å². The molecule has 0 saturated carbocycles. The van der Waals surface area contributed by atoms with Gasteiger partial charge in [-0.25, -0.2) is 8.42 Å². The van der Waals surface area contributed by atoms with Gasteiger partial charge < -0.3 is 11.1 Å². The van der Waals surface area contributed by atoms with Crippen molar-refractivity contribution in [3.63, 3.8) is 0 Å². The van der Waals surface area contributed by atoms with Crippen LogP contribution >= 0.6 is 0 Å². The van der Waals surface area contributed by atoms with Crippen molar-refractivity contribution in [1.29, 1.82) is 0 Å². The summed E-state index contributed by atoms with van der Waals surface area (Å²) in [6.45, 7) is 2.22. The van der Waals surface area contributed by atoms with Crippen molar-refractivity contribution in [2.75, 3.05) is 23.8 Å². The summed E-state index contributed by atoms with van der Waals surface area (Å²) in [7, 11) is -2.90. The van der Waals surface area contributed by atoms with Crippen LogP contribution in [0.4, 0.5) is 5.69 Å². The number of nitrogen functional groups attached to an aromatic ring is 1. The van der Waals surface area contributed by atoms with E-state index in [1.165, 1.54) is 0 Å². The minimum Gasteiger partial charge on any atom is -0.398 e. The molecule has 1 saturated heterocycles. The predicted molar refractivity (Wildman–Crippen MR) is 74.7 cm³/mol. The number of carbonyl (C=O) groups excluding carboxylic acids is 1. The molecule has 0 aliphatic carbocycles. The van der Waals surface area contributed by atoms with Crippen molar-refractivity contribution in [2.45, 2.75) is 13.3 Å². The molecule has 1 unspecified atom stereocenters. The molecule has 5 nitrogen and oxygen atoms in total. The van der Waals surface area contributed by atoms with E-state index in [-0.39, 0.29) is 23.3 Å². The van der Waals surface area contributed by atoms with E-state index in [0.29, 0.717) is 24.2 Å². The first-order valence-corrected chi connectivity index (χ1v) is 8.05. The number of benzene rings is 1. The zero-order valence-electron chi connectivity index (χ0n) is 10.8. The normalized spacial score (nSPS) is 21.2. The topological polar surface area (TPSA) is 89.3 Å². The monoisotopic (exact) mass is 282 g/mol. The minimum absolute atomic E-state index is 0.0139. The second kappa shape index (κ2) is 5.21. The smallest absolute Gasteiger partial charge is 0.253 e. The fourth-order valence-electron chi connectivity index (χ4n) is 2.24. The predicted octanol–water partition coefficient (Wildman–Crippen LogP) is 0.742. The van der Waals surface area contributed by atoms with Crippen LogP contribution in [0.1, 0.15) is 22.3 Å². The Morgan fingerprint density at radius 1 is 1.47 bits per heavy atom. The molecular weight excluding hydrogens is 264 g/mol. The molecule has 0 radical (unpaired) electrons. The summed E-state index contributed by atoms with van der Waals surface area (Å²) in [5.41, 5.74) is 7.63. The number of hydrogen-bond donors (Lipinski definition) is 2. The van der Waals surface area contributed by atoms with Gasteiger partial charge in [-0.2, -0.15) is 0 Å². The molecule has 1 aromatic rings. The molecule has 1 aliphatic heterocycles. The number of sulfone groups is 1. The van der Waals surface area contributed by atoms with E-state index in [9.17, 15) is 13.2 Å². The SMILES string of the molecule is Cc1cccc(C(=O)NCC2CCS(=O)(=O)C2)c1N. The highest BCUT2D eigenvalue weighted by molar-refractivity contribution is 7.91. The Kier molecular flexibility index (Phi) is 3.80. The highest BCUT2D eigenvalue weighted by Gasteiger charge is 2.28. The number of rotatable bonds is 3. The number of para-hydroxylation sites is 1. The van der Waals surface area contributed by atoms with Gasteiger partial charge in [0, 0.05) is 12.2 Å². The Hall–Kier alpha value is -1.56. The zero-order valence-corrected chi connectivity index (χ0v) is 11.7. The maximum absolute atomic E-state index is 12.0. The molecule has 1 aliphatic rings. The van der Waals surface area contributed by atoms with E-state index in [1.807, 2.05) is 13.0 Å². The van der Waals surface area contributed by atoms with Gasteiger partial charge in [0.05, 0.1) is 17.1 Å². The van der Waals surface area contributed by atoms with E-state index in [4.69, 9.17) is 5.73 Å². The lowest BCUT2D eigenvalue weighted by atomic mass is 10.1. The first kappa shape index (κ1) is 13.9. The van der Waals surface area contributed by atoms with Crippen LogP contribution < -0.4 is 11.1 Å². The second-order valence-corrected chi connectivity index (χ2v) is 7.24. The van der Waals surface area contributed by atoms with E-state index < -0.39 is 9.84 Å². The Morgan fingerprint density at radius 3 is 2.84 bits per heavy atom. The molecule has 1 aromatic carbocycles. The average Bonchev–Trinajstić information content (AvgIpc) is 2.69. The number of hydrogen-bond acceptors (Lipinski definition) is 4. The fourth-order valence-corrected chi connectivity index (χ4v) is 4.11. The molecule has 3 N–H and O–H groups in total. The molecule has 2 rings (SSSR count). The van der Waals surface area contributed by atoms with Gasteiger partial charge in [-0.05, 0) is 30.9 Å². The molecule has 0 spiro atoms. The van der Waals surface area contributed by atoms with Crippen molar-refractivity contribution in [2.24, 2.45) is 5.92 Å². The van der Waals surface area contributed by atoms with Crippen LogP contribution in [0.3, 0.4) is 0 Å². The fraction of sp³-hybridized carbons (Fsp3) is 0.462. The lowest BCUT2D eigenvalue weighted by Crippen LogP contribution is -2.30. The largest absolute Gasteiger partial charge is 0.398 e. The lowest BCUT2D eigenvalue weighted by molar-refractivity contribution is 0.0949. The third-order valence-electron chi connectivity index (χ3n) is 3.45. The highest BCUT2D eigenvalue weighted by atomic mass is 32.2. The minimum atomic E-state index is -2.90. The molecule has 0 aromatic heterocycles. The number of aryl methyl sites for hydroxylation is 1. The van der Waals surface area contributed by atoms with Crippen LogP contribution in [0.15, 0.2) is 18.2 Å². The third-order valence-corrected chi connectivity index (χ3v) is 5.28. The molecule has 1 fully saturated rings. The van der Waals surface area contributed by atoms with Gasteiger partial charge in [-0.3, -0.25) is 4.79 Å². The van der Waals surface area contributed by atoms with Crippen LogP contribution in [-0.2, 0) is 9.84 Å². The van der Waals surface area contributed by atoms with Crippen LogP contribution in [0.5, 0.6) is 0 Å². The summed E-state index contributed by atoms with van der Waals surface area (Å²) in [6.07, 6.45) is 0.617. The molecule has 0 bridgehead atoms. The number of amides is 1. The van der Waals surface area contributed by atoms with Gasteiger partial charge in [0.2, 0.25) is 0 Å². The highest BCUT2D eigenvalue weighted by Crippen LogP contribution is 2.19. The maximum Gasteiger partial charge on any atom is 0.253 e. The van der Waals surface area contributed by atoms with Crippen molar-refractivity contribution in [3.8, 4) is 0 Å². The lowest BCUT2D eigenvalue weighted by Gasteiger charge is -2.11. The summed E-state index contributed by atoms with van der Waals surface area (Å²) in [6, 6.07) is 5.29. The van der Waals surface area contributed by atoms with Gasteiger partial charge in [0.1, 0.15) is 0 Å². The molecule has 1 heterocycles. The number of nitrogens with one attached hydrogen (secondary N) is 1. The summed E-state index contributed by atoms with van der Waals surface area (Å²) in [5, 5.41) is 2.76. The van der Waals surface area contributed by atoms with Gasteiger partial charge in [0.25, 0.3) is 5.91 Å². The first-order chi connectivity index (χ1) is 8.89. The van der Waals surface area contributed by atoms with Crippen molar-refractivity contribution < 1.29 is 13.2 Å². The standard InChI is InChI=1S/C13H18N2O3S/c1-9-3-2-4-11(12(9)14)13(16)15-7-10-5-6-19(17,18)8-10/h2-4,10H,5-8,14H2,1H3,(H,15,16). The summed E-state index contributed by atoms with van der Waals surface area (Å²) < 4.78 is 22.6. The second-order valence-electron chi connectivity index (χ2n) is 5.02. The van der Waals surface area contributed by atoms with Crippen LogP contribution in [0, 0.1) is 12.8 Å². The molecule has 104 valence electrons. The molecule has 19 heavy (non-hydrogen) atoms. The van der Waals surface area contributed by atoms with E-state index >= 15 is 0 Å². The maximum atomic E-state index is 12.0. The van der Waals surface area contributed by atoms with Crippen LogP contribution in [-0.4, -0.2) is 32.4 Å². The van der Waals surface area contributed by atoms with Crippen molar-refractivity contribution >= 4 is 21.4 Å². The van der Waals surface area contributed by atoms with Crippen LogP contribution in [0.25, 0.3) is 0 Å². The molecule has 1 atom stereocenters. The van der Waals surface area contributed by atoms with Gasteiger partial charge >= 0.3 is 0 Å². The van der Waals surface area contributed by atoms with E-state index in [0.717, 1.165) is 5.56 Å². The van der Waals surface area contributed by atoms with Gasteiger partial charge in [-0.15, -0.1) is 0 Å². The summed E-state index contributed by atoms with van der Waals surface area (Å²) in [4.78, 5) is 12.0. The van der Waals surface area contributed by atoms with Crippen molar-refractivity contribution in [1.82, 2.24) is 5.32 Å². The molecule has 1 amide bonds. The van der Waals surface area contributed by atoms with E-state index in [1.54, 1.807) is 12.1 Å². The number of carbonyl (C=O) groups is 1. The Morgan fingerprint density at radius 2 is 2.21 bits per heavy atom. The Balaban J connectivity index is 1.97. The van der Waals surface area contributed by atoms with Gasteiger partial charge in [-0.1, -0.05) is 12.1 Å². The summed E-state index contributed by atoms with van der Waals surface area (Å²) in [5.74, 6) is 0.155. The number of nitrogens with two attached hydrogens (primary N) is 1. The van der Waals surface area contributed by atoms with Gasteiger partial charge in [0.15, 0.2) is 9.84 Å².